The van der Waals surface area contributed by atoms with E-state index in [4.69, 9.17) is 0 Å². The second kappa shape index (κ2) is 22.0. The van der Waals surface area contributed by atoms with Crippen molar-refractivity contribution in [3.05, 3.63) is 24.3 Å². The lowest BCUT2D eigenvalue weighted by Gasteiger charge is -2.66. The average molecular weight is 876 g/mol. The molecule has 0 aliphatic heterocycles. The smallest absolute Gasteiger partial charge is 0.0164 e. The number of fused-ring (bicyclic) bond motifs is 4. The van der Waals surface area contributed by atoms with Gasteiger partial charge in [-0.25, -0.2) is 0 Å². The number of hydrogen-bond donors (Lipinski definition) is 0. The van der Waals surface area contributed by atoms with E-state index >= 15 is 0 Å². The van der Waals surface area contributed by atoms with Gasteiger partial charge < -0.3 is 0 Å². The van der Waals surface area contributed by atoms with E-state index < -0.39 is 0 Å². The van der Waals surface area contributed by atoms with Crippen LogP contribution in [0.3, 0.4) is 0 Å². The molecule has 0 heterocycles. The third-order valence-electron chi connectivity index (χ3n) is 22.9. The van der Waals surface area contributed by atoms with Gasteiger partial charge in [-0.05, 0) is 206 Å². The van der Waals surface area contributed by atoms with Gasteiger partial charge >= 0.3 is 0 Å². The fourth-order valence-corrected chi connectivity index (χ4v) is 19.8. The lowest BCUT2D eigenvalue weighted by Crippen LogP contribution is -2.68. The molecule has 2 nitrogen and oxygen atoms in total. The van der Waals surface area contributed by atoms with E-state index in [1.807, 2.05) is 0 Å². The highest BCUT2D eigenvalue weighted by Crippen LogP contribution is 2.62. The normalized spacial score (nSPS) is 43.8. The van der Waals surface area contributed by atoms with Crippen molar-refractivity contribution < 1.29 is 0 Å². The summed E-state index contributed by atoms with van der Waals surface area (Å²) in [6.45, 7) is 0. The van der Waals surface area contributed by atoms with Gasteiger partial charge in [0, 0.05) is 36.3 Å². The van der Waals surface area contributed by atoms with E-state index in [9.17, 15) is 0 Å². The highest BCUT2D eigenvalue weighted by Gasteiger charge is 2.60. The molecule has 2 heteroatoms. The van der Waals surface area contributed by atoms with E-state index in [0.29, 0.717) is 0 Å². The second-order valence-electron chi connectivity index (χ2n) is 26.4. The summed E-state index contributed by atoms with van der Waals surface area (Å²) in [4.78, 5) is 7.13. The molecule has 0 aromatic rings. The molecule has 0 N–H and O–H groups in total. The predicted octanol–water partition coefficient (Wildman–Crippen LogP) is 17.1. The van der Waals surface area contributed by atoms with Crippen molar-refractivity contribution in [2.24, 2.45) is 71.0 Å². The quantitative estimate of drug-likeness (QED) is 0.202. The topological polar surface area (TPSA) is 6.48 Å². The Morgan fingerprint density at radius 2 is 0.547 bits per heavy atom. The van der Waals surface area contributed by atoms with Gasteiger partial charge in [0.1, 0.15) is 0 Å². The molecule has 11 rings (SSSR count). The molecule has 0 saturated heterocycles. The van der Waals surface area contributed by atoms with Crippen LogP contribution in [-0.2, 0) is 0 Å². The minimum absolute atomic E-state index is 0.861. The first-order chi connectivity index (χ1) is 31.7. The zero-order valence-electron chi connectivity index (χ0n) is 41.9. The summed E-state index contributed by atoms with van der Waals surface area (Å²) in [6.07, 6.45) is 72.0. The summed E-state index contributed by atoms with van der Waals surface area (Å²) in [5.74, 6) is 11.6. The van der Waals surface area contributed by atoms with Gasteiger partial charge in [0.15, 0.2) is 0 Å². The number of rotatable bonds is 10. The van der Waals surface area contributed by atoms with Crippen LogP contribution in [0.2, 0.25) is 0 Å². The Bertz CT molecular complexity index is 1460. The Morgan fingerprint density at radius 1 is 0.219 bits per heavy atom. The molecule has 0 spiro atoms. The molecule has 0 aromatic heterocycles. The van der Waals surface area contributed by atoms with Crippen molar-refractivity contribution in [3.8, 4) is 0 Å². The highest BCUT2D eigenvalue weighted by molar-refractivity contribution is 5.13. The van der Waals surface area contributed by atoms with Gasteiger partial charge in [0.05, 0.1) is 0 Å². The molecule has 11 aliphatic rings. The molecular formula is C62H102N2. The van der Waals surface area contributed by atoms with E-state index in [1.165, 1.54) is 186 Å². The van der Waals surface area contributed by atoms with Crippen LogP contribution in [0.5, 0.6) is 0 Å². The van der Waals surface area contributed by atoms with Crippen molar-refractivity contribution in [2.75, 3.05) is 0 Å². The molecule has 0 bridgehead atoms. The van der Waals surface area contributed by atoms with E-state index in [-0.39, 0.29) is 0 Å². The minimum Gasteiger partial charge on any atom is -0.294 e. The minimum atomic E-state index is 0.861. The van der Waals surface area contributed by atoms with Gasteiger partial charge in [0.2, 0.25) is 0 Å². The van der Waals surface area contributed by atoms with Crippen LogP contribution in [-0.4, -0.2) is 46.1 Å². The van der Waals surface area contributed by atoms with Gasteiger partial charge in [0.25, 0.3) is 0 Å². The zero-order chi connectivity index (χ0) is 42.7. The molecule has 360 valence electrons. The second-order valence-corrected chi connectivity index (χ2v) is 26.4. The first-order valence-corrected chi connectivity index (χ1v) is 30.6. The lowest BCUT2D eigenvalue weighted by atomic mass is 9.48. The fourth-order valence-electron chi connectivity index (χ4n) is 19.8. The van der Waals surface area contributed by atoms with Crippen molar-refractivity contribution in [2.45, 2.75) is 293 Å². The SMILES string of the molecule is C(=CC1CCC(N(C2CCCCC2)C2C3CCCCC3CC3C2CC2CC4CCCCC4CC2C3N(C2CCCCC2)C2CCC(C=CC3CCCCC3)CC2)CC1)C1CCCCC1. The largest absolute Gasteiger partial charge is 0.294 e. The summed E-state index contributed by atoms with van der Waals surface area (Å²) in [7, 11) is 0. The number of hydrogen-bond acceptors (Lipinski definition) is 2. The molecule has 10 unspecified atom stereocenters. The Hall–Kier alpha value is -0.600. The van der Waals surface area contributed by atoms with Crippen LogP contribution in [0, 0.1) is 71.0 Å². The van der Waals surface area contributed by atoms with Gasteiger partial charge in [-0.1, -0.05) is 146 Å². The van der Waals surface area contributed by atoms with Crippen LogP contribution >= 0.6 is 0 Å². The van der Waals surface area contributed by atoms with Crippen molar-refractivity contribution >= 4 is 0 Å². The standard InChI is InChI=1S/C62H102N2/c1-5-17-45(18-6-1)29-31-47-33-37-55(38-34-47)63(53-24-9-3-10-25-53)61-57-28-16-15-23-51(57)43-59-60(61)44-52-41-49-21-13-14-22-50(49)42-58(52)62(59)64(54-26-11-4-12-27-54)56-39-35-48(36-40-56)32-30-46-19-7-2-8-20-46/h29-32,45-62H,1-28,33-44H2. The summed E-state index contributed by atoms with van der Waals surface area (Å²) in [5, 5.41) is 0. The van der Waals surface area contributed by atoms with Crippen LogP contribution in [0.15, 0.2) is 24.3 Å². The van der Waals surface area contributed by atoms with E-state index in [0.717, 1.165) is 107 Å². The third-order valence-corrected chi connectivity index (χ3v) is 22.9. The molecule has 0 radical (unpaired) electrons. The average Bonchev–Trinajstić information content (AvgIpc) is 3.36. The Morgan fingerprint density at radius 3 is 1.03 bits per heavy atom. The van der Waals surface area contributed by atoms with Crippen molar-refractivity contribution in [1.29, 1.82) is 0 Å². The van der Waals surface area contributed by atoms with Gasteiger partial charge in [-0.2, -0.15) is 0 Å². The molecule has 11 fully saturated rings. The van der Waals surface area contributed by atoms with E-state index in [2.05, 4.69) is 34.1 Å². The monoisotopic (exact) mass is 875 g/mol. The molecular weight excluding hydrogens is 773 g/mol. The van der Waals surface area contributed by atoms with Crippen molar-refractivity contribution in [1.82, 2.24) is 9.80 Å². The molecule has 0 amide bonds. The third kappa shape index (κ3) is 10.3. The first-order valence-electron chi connectivity index (χ1n) is 30.6. The Labute approximate surface area is 396 Å². The van der Waals surface area contributed by atoms with Gasteiger partial charge in [-0.15, -0.1) is 0 Å². The zero-order valence-corrected chi connectivity index (χ0v) is 41.9. The van der Waals surface area contributed by atoms with Crippen LogP contribution in [0.1, 0.15) is 257 Å². The summed E-state index contributed by atoms with van der Waals surface area (Å²) in [5.41, 5.74) is 0. The maximum Gasteiger partial charge on any atom is 0.0164 e. The fraction of sp³-hybridized carbons (Fsp3) is 0.935. The van der Waals surface area contributed by atoms with Crippen LogP contribution < -0.4 is 0 Å². The Balaban J connectivity index is 0.918. The highest BCUT2D eigenvalue weighted by atomic mass is 15.3. The van der Waals surface area contributed by atoms with Crippen LogP contribution in [0.4, 0.5) is 0 Å². The lowest BCUT2D eigenvalue weighted by molar-refractivity contribution is -0.162. The maximum absolute atomic E-state index is 3.58. The molecule has 0 aromatic carbocycles. The van der Waals surface area contributed by atoms with Crippen LogP contribution in [0.25, 0.3) is 0 Å². The summed E-state index contributed by atoms with van der Waals surface area (Å²) in [6, 6.07) is 5.29. The molecule has 11 saturated carbocycles. The first kappa shape index (κ1) is 45.8. The summed E-state index contributed by atoms with van der Waals surface area (Å²) < 4.78 is 0. The Kier molecular flexibility index (Phi) is 15.8. The van der Waals surface area contributed by atoms with Gasteiger partial charge in [-0.3, -0.25) is 9.80 Å². The number of nitrogens with zero attached hydrogens (tertiary/aromatic N) is 2. The molecule has 11 aliphatic carbocycles. The number of allylic oxidation sites excluding steroid dienone is 4. The molecule has 10 atom stereocenters. The predicted molar refractivity (Wildman–Crippen MR) is 271 cm³/mol. The van der Waals surface area contributed by atoms with Crippen molar-refractivity contribution in [3.63, 3.8) is 0 Å². The van der Waals surface area contributed by atoms with E-state index in [1.54, 1.807) is 70.6 Å². The summed E-state index contributed by atoms with van der Waals surface area (Å²) >= 11 is 0. The maximum atomic E-state index is 3.58. The molecule has 64 heavy (non-hydrogen) atoms.